The zero-order valence-electron chi connectivity index (χ0n) is 10.1. The van der Waals surface area contributed by atoms with Gasteiger partial charge in [-0.3, -0.25) is 14.6 Å². The van der Waals surface area contributed by atoms with Gasteiger partial charge in [0.15, 0.2) is 0 Å². The highest BCUT2D eigenvalue weighted by Crippen LogP contribution is 2.12. The van der Waals surface area contributed by atoms with Crippen molar-refractivity contribution in [1.82, 2.24) is 9.88 Å². The number of amides is 1. The van der Waals surface area contributed by atoms with E-state index in [4.69, 9.17) is 0 Å². The number of aliphatic hydroxyl groups is 1. The van der Waals surface area contributed by atoms with E-state index in [1.54, 1.807) is 18.3 Å². The minimum atomic E-state index is -0.528. The van der Waals surface area contributed by atoms with Crippen molar-refractivity contribution in [3.05, 3.63) is 30.1 Å². The fourth-order valence-electron chi connectivity index (χ4n) is 2.05. The van der Waals surface area contributed by atoms with Crippen molar-refractivity contribution in [3.8, 4) is 0 Å². The molecule has 1 aliphatic rings. The van der Waals surface area contributed by atoms with Crippen molar-refractivity contribution >= 4 is 11.7 Å². The molecule has 5 heteroatoms. The fourth-order valence-corrected chi connectivity index (χ4v) is 2.05. The van der Waals surface area contributed by atoms with Crippen LogP contribution >= 0.6 is 0 Å². The molecule has 5 nitrogen and oxygen atoms in total. The summed E-state index contributed by atoms with van der Waals surface area (Å²) in [6, 6.07) is 3.21. The number of Topliss-reactive ketones (excluding diaryl/α,β-unsaturated/α-hetero) is 1. The lowest BCUT2D eigenvalue weighted by molar-refractivity contribution is -0.126. The van der Waals surface area contributed by atoms with E-state index in [9.17, 15) is 14.7 Å². The van der Waals surface area contributed by atoms with Gasteiger partial charge in [-0.1, -0.05) is 0 Å². The fraction of sp³-hybridized carbons (Fsp3) is 0.462. The standard InChI is InChI=1S/C13H16N2O3/c16-11-4-2-7-15(8-5-11)13(18)12(17)10-3-1-6-14-9-10/h1,3,6,9,11,16H,2,4-5,7-8H2. The Morgan fingerprint density at radius 1 is 1.33 bits per heavy atom. The third-order valence-electron chi connectivity index (χ3n) is 3.10. The van der Waals surface area contributed by atoms with Crippen LogP contribution in [0, 0.1) is 0 Å². The zero-order valence-corrected chi connectivity index (χ0v) is 10.1. The average Bonchev–Trinajstić information content (AvgIpc) is 2.63. The van der Waals surface area contributed by atoms with E-state index >= 15 is 0 Å². The van der Waals surface area contributed by atoms with E-state index < -0.39 is 11.7 Å². The predicted molar refractivity (Wildman–Crippen MR) is 65.0 cm³/mol. The van der Waals surface area contributed by atoms with Crippen molar-refractivity contribution in [1.29, 1.82) is 0 Å². The van der Waals surface area contributed by atoms with Crippen molar-refractivity contribution in [3.63, 3.8) is 0 Å². The summed E-state index contributed by atoms with van der Waals surface area (Å²) in [7, 11) is 0. The van der Waals surface area contributed by atoms with Gasteiger partial charge in [0.05, 0.1) is 6.10 Å². The summed E-state index contributed by atoms with van der Waals surface area (Å²) in [4.78, 5) is 29.3. The van der Waals surface area contributed by atoms with E-state index in [2.05, 4.69) is 4.98 Å². The molecule has 0 aliphatic carbocycles. The Morgan fingerprint density at radius 2 is 2.17 bits per heavy atom. The summed E-state index contributed by atoms with van der Waals surface area (Å²) in [6.07, 6.45) is 4.54. The first kappa shape index (κ1) is 12.7. The molecule has 0 radical (unpaired) electrons. The number of carbonyl (C=O) groups is 2. The molecule has 0 bridgehead atoms. The van der Waals surface area contributed by atoms with Gasteiger partial charge in [-0.05, 0) is 31.4 Å². The van der Waals surface area contributed by atoms with Gasteiger partial charge in [0.25, 0.3) is 11.7 Å². The maximum absolute atomic E-state index is 12.0. The van der Waals surface area contributed by atoms with Crippen molar-refractivity contribution in [2.75, 3.05) is 13.1 Å². The Morgan fingerprint density at radius 3 is 2.89 bits per heavy atom. The van der Waals surface area contributed by atoms with Crippen molar-refractivity contribution in [2.24, 2.45) is 0 Å². The maximum Gasteiger partial charge on any atom is 0.295 e. The average molecular weight is 248 g/mol. The molecule has 1 aliphatic heterocycles. The Kier molecular flexibility index (Phi) is 4.04. The van der Waals surface area contributed by atoms with Crippen LogP contribution in [0.3, 0.4) is 0 Å². The van der Waals surface area contributed by atoms with Crippen LogP contribution in [-0.4, -0.2) is 45.9 Å². The lowest BCUT2D eigenvalue weighted by Crippen LogP contribution is -2.37. The van der Waals surface area contributed by atoms with E-state index in [0.717, 1.165) is 6.42 Å². The second-order valence-electron chi connectivity index (χ2n) is 4.45. The van der Waals surface area contributed by atoms with Crippen LogP contribution in [0.15, 0.2) is 24.5 Å². The molecule has 2 heterocycles. The number of rotatable bonds is 2. The van der Waals surface area contributed by atoms with E-state index in [-0.39, 0.29) is 6.10 Å². The largest absolute Gasteiger partial charge is 0.393 e. The number of aliphatic hydroxyl groups excluding tert-OH is 1. The van der Waals surface area contributed by atoms with Gasteiger partial charge in [-0.15, -0.1) is 0 Å². The van der Waals surface area contributed by atoms with Gasteiger partial charge < -0.3 is 10.0 Å². The Balaban J connectivity index is 2.05. The molecule has 1 atom stereocenters. The summed E-state index contributed by atoms with van der Waals surface area (Å²) < 4.78 is 0. The topological polar surface area (TPSA) is 70.5 Å². The molecule has 2 rings (SSSR count). The van der Waals surface area contributed by atoms with Crippen LogP contribution < -0.4 is 0 Å². The number of likely N-dealkylation sites (tertiary alicyclic amines) is 1. The third-order valence-corrected chi connectivity index (χ3v) is 3.10. The lowest BCUT2D eigenvalue weighted by atomic mass is 10.1. The molecule has 96 valence electrons. The SMILES string of the molecule is O=C(C(=O)N1CCCC(O)CC1)c1cccnc1. The smallest absolute Gasteiger partial charge is 0.295 e. The predicted octanol–water partition coefficient (Wildman–Crippen LogP) is 0.638. The quantitative estimate of drug-likeness (QED) is 0.616. The summed E-state index contributed by atoms with van der Waals surface area (Å²) in [5.74, 6) is -1.03. The number of hydrogen-bond donors (Lipinski definition) is 1. The summed E-state index contributed by atoms with van der Waals surface area (Å²) in [5.41, 5.74) is 0.312. The van der Waals surface area contributed by atoms with Gasteiger partial charge in [0.2, 0.25) is 0 Å². The second kappa shape index (κ2) is 5.73. The number of pyridine rings is 1. The van der Waals surface area contributed by atoms with Gasteiger partial charge >= 0.3 is 0 Å². The van der Waals surface area contributed by atoms with Gasteiger partial charge in [-0.25, -0.2) is 0 Å². The van der Waals surface area contributed by atoms with Crippen LogP contribution in [0.25, 0.3) is 0 Å². The number of carbonyl (C=O) groups excluding carboxylic acids is 2. The molecule has 1 aromatic rings. The highest BCUT2D eigenvalue weighted by atomic mass is 16.3. The van der Waals surface area contributed by atoms with E-state index in [0.29, 0.717) is 31.5 Å². The number of aromatic nitrogens is 1. The molecular weight excluding hydrogens is 232 g/mol. The molecule has 1 aromatic heterocycles. The minimum Gasteiger partial charge on any atom is -0.393 e. The lowest BCUT2D eigenvalue weighted by Gasteiger charge is -2.19. The molecule has 18 heavy (non-hydrogen) atoms. The molecule has 0 saturated carbocycles. The highest BCUT2D eigenvalue weighted by Gasteiger charge is 2.25. The normalized spacial score (nSPS) is 20.3. The Bertz CT molecular complexity index is 433. The monoisotopic (exact) mass is 248 g/mol. The van der Waals surface area contributed by atoms with E-state index in [1.807, 2.05) is 0 Å². The van der Waals surface area contributed by atoms with Gasteiger partial charge in [0, 0.05) is 31.0 Å². The van der Waals surface area contributed by atoms with Crippen LogP contribution in [-0.2, 0) is 4.79 Å². The summed E-state index contributed by atoms with van der Waals surface area (Å²) in [5, 5.41) is 9.51. The molecule has 1 unspecified atom stereocenters. The van der Waals surface area contributed by atoms with Crippen molar-refractivity contribution < 1.29 is 14.7 Å². The summed E-state index contributed by atoms with van der Waals surface area (Å²) in [6.45, 7) is 0.966. The molecule has 1 fully saturated rings. The minimum absolute atomic E-state index is 0.312. The second-order valence-corrected chi connectivity index (χ2v) is 4.45. The molecule has 1 amide bonds. The first-order chi connectivity index (χ1) is 8.68. The Labute approximate surface area is 105 Å². The third kappa shape index (κ3) is 2.92. The van der Waals surface area contributed by atoms with Crippen LogP contribution in [0.5, 0.6) is 0 Å². The van der Waals surface area contributed by atoms with Crippen LogP contribution in [0.1, 0.15) is 29.6 Å². The Hall–Kier alpha value is -1.75. The van der Waals surface area contributed by atoms with Crippen LogP contribution in [0.4, 0.5) is 0 Å². The zero-order chi connectivity index (χ0) is 13.0. The number of ketones is 1. The number of nitrogens with zero attached hydrogens (tertiary/aromatic N) is 2. The van der Waals surface area contributed by atoms with Crippen LogP contribution in [0.2, 0.25) is 0 Å². The highest BCUT2D eigenvalue weighted by molar-refractivity contribution is 6.42. The molecule has 1 saturated heterocycles. The van der Waals surface area contributed by atoms with Gasteiger partial charge in [-0.2, -0.15) is 0 Å². The first-order valence-corrected chi connectivity index (χ1v) is 6.10. The molecule has 0 spiro atoms. The maximum atomic E-state index is 12.0. The number of hydrogen-bond acceptors (Lipinski definition) is 4. The first-order valence-electron chi connectivity index (χ1n) is 6.10. The van der Waals surface area contributed by atoms with Gasteiger partial charge in [0.1, 0.15) is 0 Å². The molecular formula is C13H16N2O3. The molecule has 0 aromatic carbocycles. The summed E-state index contributed by atoms with van der Waals surface area (Å²) >= 11 is 0. The molecule has 1 N–H and O–H groups in total. The van der Waals surface area contributed by atoms with E-state index in [1.165, 1.54) is 11.1 Å². The van der Waals surface area contributed by atoms with Crippen molar-refractivity contribution in [2.45, 2.75) is 25.4 Å².